The zero-order valence-electron chi connectivity index (χ0n) is 13.2. The van der Waals surface area contributed by atoms with Crippen molar-refractivity contribution in [2.75, 3.05) is 27.2 Å². The highest BCUT2D eigenvalue weighted by Gasteiger charge is 2.27. The van der Waals surface area contributed by atoms with Crippen molar-refractivity contribution in [2.45, 2.75) is 29.7 Å². The zero-order valence-corrected chi connectivity index (χ0v) is 14.8. The maximum absolute atomic E-state index is 12.4. The molecule has 0 aliphatic carbocycles. The fourth-order valence-corrected chi connectivity index (χ4v) is 4.64. The Morgan fingerprint density at radius 3 is 2.14 bits per heavy atom. The Hall–Kier alpha value is -1.00. The molecule has 0 bridgehead atoms. The largest absolute Gasteiger partial charge is 0.313 e. The number of hydrogen-bond acceptors (Lipinski definition) is 5. The molecule has 0 saturated carbocycles. The van der Waals surface area contributed by atoms with E-state index < -0.39 is 20.0 Å². The predicted octanol–water partition coefficient (Wildman–Crippen LogP) is 0.213. The van der Waals surface area contributed by atoms with Crippen LogP contribution in [0.2, 0.25) is 0 Å². The van der Waals surface area contributed by atoms with Crippen LogP contribution >= 0.6 is 0 Å². The van der Waals surface area contributed by atoms with Gasteiger partial charge in [-0.15, -0.1) is 0 Å². The molecule has 0 radical (unpaired) electrons. The van der Waals surface area contributed by atoms with E-state index in [-0.39, 0.29) is 22.4 Å². The lowest BCUT2D eigenvalue weighted by molar-refractivity contribution is 0.514. The van der Waals surface area contributed by atoms with Gasteiger partial charge >= 0.3 is 0 Å². The third-order valence-electron chi connectivity index (χ3n) is 3.03. The van der Waals surface area contributed by atoms with Crippen LogP contribution in [0, 0.1) is 0 Å². The van der Waals surface area contributed by atoms with E-state index in [1.165, 1.54) is 38.4 Å². The first kappa shape index (κ1) is 19.0. The van der Waals surface area contributed by atoms with Gasteiger partial charge in [0.15, 0.2) is 0 Å². The Labute approximate surface area is 132 Å². The molecular formula is C13H23N3O4S2. The molecule has 0 saturated heterocycles. The molecule has 7 nitrogen and oxygen atoms in total. The van der Waals surface area contributed by atoms with Crippen molar-refractivity contribution in [1.29, 1.82) is 0 Å². The van der Waals surface area contributed by atoms with Crippen LogP contribution in [0.15, 0.2) is 34.1 Å². The van der Waals surface area contributed by atoms with Crippen LogP contribution in [0.4, 0.5) is 0 Å². The molecule has 1 aromatic carbocycles. The first-order chi connectivity index (χ1) is 10.1. The maximum Gasteiger partial charge on any atom is 0.243 e. The second-order valence-corrected chi connectivity index (χ2v) is 8.90. The van der Waals surface area contributed by atoms with Crippen LogP contribution in [0.5, 0.6) is 0 Å². The number of nitrogens with zero attached hydrogens (tertiary/aromatic N) is 1. The van der Waals surface area contributed by atoms with Gasteiger partial charge in [-0.25, -0.2) is 25.9 Å². The first-order valence-corrected chi connectivity index (χ1v) is 9.80. The first-order valence-electron chi connectivity index (χ1n) is 6.87. The normalized spacial score (nSPS) is 14.2. The molecule has 0 aliphatic heterocycles. The molecular weight excluding hydrogens is 326 g/mol. The van der Waals surface area contributed by atoms with Gasteiger partial charge in [0.05, 0.1) is 0 Å². The van der Waals surface area contributed by atoms with E-state index in [9.17, 15) is 16.8 Å². The number of rotatable bonds is 8. The third kappa shape index (κ3) is 4.50. The Morgan fingerprint density at radius 1 is 1.09 bits per heavy atom. The highest BCUT2D eigenvalue weighted by molar-refractivity contribution is 7.92. The van der Waals surface area contributed by atoms with Gasteiger partial charge in [0.1, 0.15) is 9.79 Å². The molecule has 2 N–H and O–H groups in total. The van der Waals surface area contributed by atoms with Gasteiger partial charge in [0.25, 0.3) is 0 Å². The van der Waals surface area contributed by atoms with Crippen LogP contribution < -0.4 is 10.0 Å². The smallest absolute Gasteiger partial charge is 0.243 e. The minimum atomic E-state index is -3.92. The summed E-state index contributed by atoms with van der Waals surface area (Å²) < 4.78 is 52.8. The summed E-state index contributed by atoms with van der Waals surface area (Å²) in [4.78, 5) is -0.476. The van der Waals surface area contributed by atoms with Crippen molar-refractivity contribution in [1.82, 2.24) is 14.3 Å². The van der Waals surface area contributed by atoms with Crippen molar-refractivity contribution in [2.24, 2.45) is 0 Å². The molecule has 0 aliphatic rings. The van der Waals surface area contributed by atoms with Crippen molar-refractivity contribution in [3.63, 3.8) is 0 Å². The molecule has 22 heavy (non-hydrogen) atoms. The number of hydrogen-bond donors (Lipinski definition) is 2. The van der Waals surface area contributed by atoms with Crippen LogP contribution in [0.3, 0.4) is 0 Å². The fraction of sp³-hybridized carbons (Fsp3) is 0.538. The van der Waals surface area contributed by atoms with Crippen LogP contribution in [-0.4, -0.2) is 54.4 Å². The molecule has 0 spiro atoms. The van der Waals surface area contributed by atoms with E-state index in [1.807, 2.05) is 13.8 Å². The summed E-state index contributed by atoms with van der Waals surface area (Å²) >= 11 is 0. The molecule has 1 rings (SSSR count). The zero-order chi connectivity index (χ0) is 17.0. The lowest BCUT2D eigenvalue weighted by atomic mass is 10.3. The number of nitrogens with one attached hydrogen (secondary N) is 2. The Bertz CT molecular complexity index is 700. The Morgan fingerprint density at radius 2 is 1.64 bits per heavy atom. The van der Waals surface area contributed by atoms with Gasteiger partial charge in [-0.05, 0) is 25.6 Å². The molecule has 0 heterocycles. The van der Waals surface area contributed by atoms with E-state index in [2.05, 4.69) is 10.0 Å². The molecule has 0 aromatic heterocycles. The van der Waals surface area contributed by atoms with E-state index >= 15 is 0 Å². The van der Waals surface area contributed by atoms with E-state index in [0.717, 1.165) is 4.31 Å². The van der Waals surface area contributed by atoms with Crippen LogP contribution in [0.25, 0.3) is 0 Å². The number of likely N-dealkylation sites (N-methyl/N-ethyl adjacent to an activating group) is 1. The monoisotopic (exact) mass is 349 g/mol. The lowest BCUT2D eigenvalue weighted by Crippen LogP contribution is -2.39. The topological polar surface area (TPSA) is 95.6 Å². The minimum absolute atomic E-state index is 0.0580. The summed E-state index contributed by atoms with van der Waals surface area (Å²) in [7, 11) is -5.04. The second-order valence-electron chi connectivity index (χ2n) is 5.04. The highest BCUT2D eigenvalue weighted by Crippen LogP contribution is 2.22. The molecule has 0 unspecified atom stereocenters. The quantitative estimate of drug-likeness (QED) is 0.700. The summed E-state index contributed by atoms with van der Waals surface area (Å²) in [6.07, 6.45) is 0. The molecule has 1 aromatic rings. The molecule has 126 valence electrons. The summed E-state index contributed by atoms with van der Waals surface area (Å²) in [5.74, 6) is 0. The van der Waals surface area contributed by atoms with E-state index in [0.29, 0.717) is 6.54 Å². The summed E-state index contributed by atoms with van der Waals surface area (Å²) in [6, 6.07) is 5.51. The SMILES string of the molecule is CCN[C@H](C)CNS(=O)(=O)c1ccccc1S(=O)(=O)N(C)C. The van der Waals surface area contributed by atoms with Crippen LogP contribution in [0.1, 0.15) is 13.8 Å². The molecule has 0 fully saturated rings. The third-order valence-corrected chi connectivity index (χ3v) is 6.51. The predicted molar refractivity (Wildman–Crippen MR) is 85.6 cm³/mol. The standard InChI is InChI=1S/C13H23N3O4S2/c1-5-14-11(2)10-15-21(17,18)12-8-6-7-9-13(12)22(19,20)16(3)4/h6-9,11,14-15H,5,10H2,1-4H3/t11-/m1/s1. The average Bonchev–Trinajstić information content (AvgIpc) is 2.45. The lowest BCUT2D eigenvalue weighted by Gasteiger charge is -2.17. The van der Waals surface area contributed by atoms with Gasteiger partial charge in [-0.3, -0.25) is 0 Å². The minimum Gasteiger partial charge on any atom is -0.313 e. The van der Waals surface area contributed by atoms with Gasteiger partial charge in [0.2, 0.25) is 20.0 Å². The van der Waals surface area contributed by atoms with E-state index in [1.54, 1.807) is 0 Å². The van der Waals surface area contributed by atoms with E-state index in [4.69, 9.17) is 0 Å². The second kappa shape index (κ2) is 7.51. The van der Waals surface area contributed by atoms with Gasteiger partial charge < -0.3 is 5.32 Å². The van der Waals surface area contributed by atoms with Crippen molar-refractivity contribution < 1.29 is 16.8 Å². The fourth-order valence-electron chi connectivity index (χ4n) is 1.82. The van der Waals surface area contributed by atoms with Crippen molar-refractivity contribution in [3.05, 3.63) is 24.3 Å². The molecule has 9 heteroatoms. The molecule has 1 atom stereocenters. The van der Waals surface area contributed by atoms with Crippen molar-refractivity contribution in [3.8, 4) is 0 Å². The van der Waals surface area contributed by atoms with Gasteiger partial charge in [-0.1, -0.05) is 19.1 Å². The van der Waals surface area contributed by atoms with Gasteiger partial charge in [-0.2, -0.15) is 0 Å². The highest BCUT2D eigenvalue weighted by atomic mass is 32.2. The summed E-state index contributed by atoms with van der Waals surface area (Å²) in [5, 5.41) is 3.08. The van der Waals surface area contributed by atoms with Crippen molar-refractivity contribution >= 4 is 20.0 Å². The van der Waals surface area contributed by atoms with Crippen LogP contribution in [-0.2, 0) is 20.0 Å². The summed E-state index contributed by atoms with van der Waals surface area (Å²) in [6.45, 7) is 4.65. The number of sulfonamides is 2. The maximum atomic E-state index is 12.4. The van der Waals surface area contributed by atoms with Gasteiger partial charge in [0, 0.05) is 26.7 Å². The Kier molecular flexibility index (Phi) is 6.50. The number of benzene rings is 1. The molecule has 0 amide bonds. The summed E-state index contributed by atoms with van der Waals surface area (Å²) in [5.41, 5.74) is 0. The average molecular weight is 349 g/mol. The Balaban J connectivity index is 3.17.